The van der Waals surface area contributed by atoms with Gasteiger partial charge in [-0.05, 0) is 64.8 Å². The molecule has 0 spiro atoms. The van der Waals surface area contributed by atoms with Gasteiger partial charge in [0.1, 0.15) is 0 Å². The average Bonchev–Trinajstić information content (AvgIpc) is 2.86. The summed E-state index contributed by atoms with van der Waals surface area (Å²) in [5.41, 5.74) is 0. The van der Waals surface area contributed by atoms with Crippen LogP contribution in [0.3, 0.4) is 0 Å². The van der Waals surface area contributed by atoms with Crippen molar-refractivity contribution in [3.63, 3.8) is 0 Å². The quantitative estimate of drug-likeness (QED) is 0.836. The van der Waals surface area contributed by atoms with Gasteiger partial charge in [0, 0.05) is 42.0 Å². The van der Waals surface area contributed by atoms with E-state index in [4.69, 9.17) is 4.74 Å². The van der Waals surface area contributed by atoms with Gasteiger partial charge < -0.3 is 4.74 Å². The zero-order chi connectivity index (χ0) is 15.4. The standard InChI is InChI=1S/C18H30N2OS/c1-15(2)20-10-5-9-19(11-12-20)14-16-7-8-18(22-16)17-6-3-4-13-21-17/h7-8,15,17H,3-6,9-14H2,1-2H3. The molecule has 22 heavy (non-hydrogen) atoms. The second kappa shape index (κ2) is 7.91. The highest BCUT2D eigenvalue weighted by molar-refractivity contribution is 7.12. The van der Waals surface area contributed by atoms with Gasteiger partial charge in [-0.2, -0.15) is 0 Å². The molecule has 0 bridgehead atoms. The molecule has 2 fully saturated rings. The Balaban J connectivity index is 1.53. The van der Waals surface area contributed by atoms with Gasteiger partial charge >= 0.3 is 0 Å². The Kier molecular flexibility index (Phi) is 5.91. The molecule has 0 aromatic carbocycles. The summed E-state index contributed by atoms with van der Waals surface area (Å²) >= 11 is 1.97. The molecule has 3 heterocycles. The van der Waals surface area contributed by atoms with E-state index in [-0.39, 0.29) is 0 Å². The van der Waals surface area contributed by atoms with Crippen molar-refractivity contribution >= 4 is 11.3 Å². The van der Waals surface area contributed by atoms with Gasteiger partial charge in [-0.25, -0.2) is 0 Å². The van der Waals surface area contributed by atoms with Crippen molar-refractivity contribution in [2.45, 2.75) is 58.2 Å². The van der Waals surface area contributed by atoms with E-state index in [0.717, 1.165) is 13.2 Å². The summed E-state index contributed by atoms with van der Waals surface area (Å²) < 4.78 is 5.92. The summed E-state index contributed by atoms with van der Waals surface area (Å²) in [6, 6.07) is 5.30. The van der Waals surface area contributed by atoms with Crippen molar-refractivity contribution in [3.8, 4) is 0 Å². The maximum atomic E-state index is 5.92. The van der Waals surface area contributed by atoms with Crippen molar-refractivity contribution in [2.75, 3.05) is 32.8 Å². The number of hydrogen-bond donors (Lipinski definition) is 0. The molecule has 3 nitrogen and oxygen atoms in total. The number of ether oxygens (including phenoxy) is 1. The van der Waals surface area contributed by atoms with Crippen LogP contribution >= 0.6 is 11.3 Å². The topological polar surface area (TPSA) is 15.7 Å². The lowest BCUT2D eigenvalue weighted by molar-refractivity contribution is 0.0172. The third kappa shape index (κ3) is 4.31. The Hall–Kier alpha value is -0.420. The first-order valence-corrected chi connectivity index (χ1v) is 9.70. The van der Waals surface area contributed by atoms with Gasteiger partial charge in [0.2, 0.25) is 0 Å². The molecule has 1 atom stereocenters. The van der Waals surface area contributed by atoms with E-state index < -0.39 is 0 Å². The molecule has 2 saturated heterocycles. The molecule has 0 amide bonds. The van der Waals surface area contributed by atoms with Crippen molar-refractivity contribution in [1.29, 1.82) is 0 Å². The van der Waals surface area contributed by atoms with Crippen LogP contribution in [0.25, 0.3) is 0 Å². The van der Waals surface area contributed by atoms with Crippen LogP contribution in [0, 0.1) is 0 Å². The SMILES string of the molecule is CC(C)N1CCCN(Cc2ccc(C3CCCCO3)s2)CC1. The predicted octanol–water partition coefficient (Wildman–Crippen LogP) is 3.91. The first-order valence-electron chi connectivity index (χ1n) is 8.89. The van der Waals surface area contributed by atoms with Gasteiger partial charge in [0.25, 0.3) is 0 Å². The van der Waals surface area contributed by atoms with E-state index in [1.807, 2.05) is 11.3 Å². The zero-order valence-electron chi connectivity index (χ0n) is 14.1. The van der Waals surface area contributed by atoms with Crippen molar-refractivity contribution in [2.24, 2.45) is 0 Å². The lowest BCUT2D eigenvalue weighted by Gasteiger charge is -2.24. The summed E-state index contributed by atoms with van der Waals surface area (Å²) in [4.78, 5) is 8.17. The van der Waals surface area contributed by atoms with E-state index in [1.54, 1.807) is 0 Å². The van der Waals surface area contributed by atoms with Gasteiger partial charge in [0.15, 0.2) is 0 Å². The van der Waals surface area contributed by atoms with Gasteiger partial charge in [0.05, 0.1) is 6.10 Å². The molecule has 0 N–H and O–H groups in total. The van der Waals surface area contributed by atoms with Crippen molar-refractivity contribution in [3.05, 3.63) is 21.9 Å². The lowest BCUT2D eigenvalue weighted by Crippen LogP contribution is -2.34. The molecule has 0 saturated carbocycles. The van der Waals surface area contributed by atoms with Gasteiger partial charge in [-0.1, -0.05) is 0 Å². The maximum absolute atomic E-state index is 5.92. The fourth-order valence-electron chi connectivity index (χ4n) is 3.50. The monoisotopic (exact) mass is 322 g/mol. The minimum absolute atomic E-state index is 0.369. The smallest absolute Gasteiger partial charge is 0.0916 e. The summed E-state index contributed by atoms with van der Waals surface area (Å²) in [6.45, 7) is 11.6. The van der Waals surface area contributed by atoms with Crippen molar-refractivity contribution in [1.82, 2.24) is 9.80 Å². The molecule has 3 rings (SSSR count). The average molecular weight is 323 g/mol. The Bertz CT molecular complexity index is 454. The number of thiophene rings is 1. The molecule has 0 radical (unpaired) electrons. The number of hydrogen-bond acceptors (Lipinski definition) is 4. The molecule has 2 aliphatic heterocycles. The minimum Gasteiger partial charge on any atom is -0.373 e. The van der Waals surface area contributed by atoms with E-state index in [2.05, 4.69) is 35.8 Å². The van der Waals surface area contributed by atoms with E-state index in [9.17, 15) is 0 Å². The zero-order valence-corrected chi connectivity index (χ0v) is 14.9. The molecular weight excluding hydrogens is 292 g/mol. The van der Waals surface area contributed by atoms with Crippen LogP contribution in [0.15, 0.2) is 12.1 Å². The first-order chi connectivity index (χ1) is 10.7. The third-order valence-electron chi connectivity index (χ3n) is 4.91. The van der Waals surface area contributed by atoms with E-state index in [0.29, 0.717) is 12.1 Å². The molecule has 124 valence electrons. The van der Waals surface area contributed by atoms with Crippen molar-refractivity contribution < 1.29 is 4.74 Å². The van der Waals surface area contributed by atoms with Crippen LogP contribution in [0.1, 0.15) is 55.4 Å². The van der Waals surface area contributed by atoms with Crippen LogP contribution in [0.4, 0.5) is 0 Å². The largest absolute Gasteiger partial charge is 0.373 e. The Morgan fingerprint density at radius 1 is 1.14 bits per heavy atom. The molecule has 0 aliphatic carbocycles. The molecule has 1 aromatic rings. The lowest BCUT2D eigenvalue weighted by atomic mass is 10.1. The summed E-state index contributed by atoms with van der Waals surface area (Å²) in [7, 11) is 0. The van der Waals surface area contributed by atoms with Gasteiger partial charge in [-0.15, -0.1) is 11.3 Å². The van der Waals surface area contributed by atoms with Crippen LogP contribution in [0.2, 0.25) is 0 Å². The highest BCUT2D eigenvalue weighted by Crippen LogP contribution is 2.33. The second-order valence-corrected chi connectivity index (χ2v) is 8.12. The highest BCUT2D eigenvalue weighted by Gasteiger charge is 2.20. The second-order valence-electron chi connectivity index (χ2n) is 6.92. The molecular formula is C18H30N2OS. The molecule has 1 aromatic heterocycles. The summed E-state index contributed by atoms with van der Waals surface area (Å²) in [5, 5.41) is 0. The Morgan fingerprint density at radius 3 is 2.82 bits per heavy atom. The van der Waals surface area contributed by atoms with Crippen LogP contribution in [-0.4, -0.2) is 48.6 Å². The van der Waals surface area contributed by atoms with Crippen LogP contribution in [-0.2, 0) is 11.3 Å². The molecule has 2 aliphatic rings. The maximum Gasteiger partial charge on any atom is 0.0916 e. The number of rotatable bonds is 4. The van der Waals surface area contributed by atoms with Crippen LogP contribution in [0.5, 0.6) is 0 Å². The normalized spacial score (nSPS) is 25.5. The van der Waals surface area contributed by atoms with E-state index >= 15 is 0 Å². The highest BCUT2D eigenvalue weighted by atomic mass is 32.1. The minimum atomic E-state index is 0.369. The number of nitrogens with zero attached hydrogens (tertiary/aromatic N) is 2. The summed E-state index contributed by atoms with van der Waals surface area (Å²) in [6.07, 6.45) is 5.41. The van der Waals surface area contributed by atoms with E-state index in [1.165, 1.54) is 61.6 Å². The summed E-state index contributed by atoms with van der Waals surface area (Å²) in [5.74, 6) is 0. The molecule has 1 unspecified atom stereocenters. The first kappa shape index (κ1) is 16.4. The third-order valence-corrected chi connectivity index (χ3v) is 6.07. The Morgan fingerprint density at radius 2 is 2.05 bits per heavy atom. The molecule has 4 heteroatoms. The Labute approximate surface area is 139 Å². The van der Waals surface area contributed by atoms with Crippen LogP contribution < -0.4 is 0 Å². The predicted molar refractivity (Wildman–Crippen MR) is 93.5 cm³/mol. The fourth-order valence-corrected chi connectivity index (χ4v) is 4.64. The van der Waals surface area contributed by atoms with Gasteiger partial charge in [-0.3, -0.25) is 9.80 Å². The fraction of sp³-hybridized carbons (Fsp3) is 0.778.